The average Bonchev–Trinajstić information content (AvgIpc) is 2.96. The lowest BCUT2D eigenvalue weighted by Gasteiger charge is -2.20. The van der Waals surface area contributed by atoms with Crippen molar-refractivity contribution in [3.63, 3.8) is 0 Å². The molecule has 0 aromatic heterocycles. The van der Waals surface area contributed by atoms with E-state index >= 15 is 0 Å². The maximum absolute atomic E-state index is 2.29. The molecule has 0 unspecified atom stereocenters. The molecule has 0 nitrogen and oxygen atoms in total. The molecule has 1 fully saturated rings. The molecule has 0 amide bonds. The first kappa shape index (κ1) is 13.0. The van der Waals surface area contributed by atoms with Crippen molar-refractivity contribution in [2.75, 3.05) is 0 Å². The highest BCUT2D eigenvalue weighted by molar-refractivity contribution is 8.01. The van der Waals surface area contributed by atoms with Crippen LogP contribution in [0.15, 0.2) is 17.0 Å². The van der Waals surface area contributed by atoms with Crippen molar-refractivity contribution in [2.45, 2.75) is 69.4 Å². The molecule has 2 aliphatic rings. The Bertz CT molecular complexity index is 367. The van der Waals surface area contributed by atoms with E-state index in [-0.39, 0.29) is 0 Å². The van der Waals surface area contributed by atoms with Crippen LogP contribution >= 0.6 is 11.8 Å². The molecule has 1 heteroatoms. The number of hydrogen-bond donors (Lipinski definition) is 0. The molecule has 0 saturated heterocycles. The summed E-state index contributed by atoms with van der Waals surface area (Å²) in [5, 5.41) is 0. The molecule has 1 aliphatic heterocycles. The monoisotopic (exact) mass is 248 g/mol. The van der Waals surface area contributed by atoms with E-state index in [2.05, 4.69) is 37.7 Å². The van der Waals surface area contributed by atoms with Crippen LogP contribution in [0.3, 0.4) is 0 Å². The fraction of sp³-hybridized carbons (Fsp3) is 0.625. The lowest BCUT2D eigenvalue weighted by molar-refractivity contribution is 0.615. The number of aryl methyl sites for hydroxylation is 2. The Balaban J connectivity index is 0.000000514. The molecular weight excluding hydrogens is 224 g/mol. The zero-order valence-electron chi connectivity index (χ0n) is 11.6. The van der Waals surface area contributed by atoms with Crippen LogP contribution in [0.1, 0.15) is 56.2 Å². The summed E-state index contributed by atoms with van der Waals surface area (Å²) in [7, 11) is 0. The molecule has 1 heterocycles. The lowest BCUT2D eigenvalue weighted by atomic mass is 9.94. The Morgan fingerprint density at radius 1 is 1.00 bits per heavy atom. The third-order valence-electron chi connectivity index (χ3n) is 4.02. The standard InChI is InChI=1S/C14H18S.C2H6/c1-10-5-6-11(2)13-12(10)9-14(15-13)7-3-4-8-14;1-2/h5-6H,3-4,7-9H2,1-2H3;1-2H3. The van der Waals surface area contributed by atoms with Gasteiger partial charge in [-0.2, -0.15) is 0 Å². The van der Waals surface area contributed by atoms with Crippen molar-refractivity contribution in [3.8, 4) is 0 Å². The van der Waals surface area contributed by atoms with Crippen LogP contribution in [0.4, 0.5) is 0 Å². The van der Waals surface area contributed by atoms with Gasteiger partial charge in [0.05, 0.1) is 0 Å². The van der Waals surface area contributed by atoms with E-state index < -0.39 is 0 Å². The van der Waals surface area contributed by atoms with Crippen LogP contribution < -0.4 is 0 Å². The normalized spacial score (nSPS) is 20.0. The molecule has 94 valence electrons. The third kappa shape index (κ3) is 2.27. The fourth-order valence-electron chi connectivity index (χ4n) is 3.08. The summed E-state index contributed by atoms with van der Waals surface area (Å²) in [6, 6.07) is 4.58. The summed E-state index contributed by atoms with van der Waals surface area (Å²) >= 11 is 2.19. The van der Waals surface area contributed by atoms with Crippen LogP contribution in [0, 0.1) is 13.8 Å². The van der Waals surface area contributed by atoms with Gasteiger partial charge in [0.15, 0.2) is 0 Å². The third-order valence-corrected chi connectivity index (χ3v) is 5.78. The SMILES string of the molecule is CC.Cc1ccc(C)c2c1CC1(CCCC1)S2. The predicted molar refractivity (Wildman–Crippen MR) is 78.0 cm³/mol. The molecular formula is C16H24S. The molecule has 0 N–H and O–H groups in total. The molecule has 17 heavy (non-hydrogen) atoms. The van der Waals surface area contributed by atoms with E-state index in [1.807, 2.05) is 13.8 Å². The van der Waals surface area contributed by atoms with Crippen LogP contribution in [-0.2, 0) is 6.42 Å². The second kappa shape index (κ2) is 5.06. The van der Waals surface area contributed by atoms with Gasteiger partial charge in [0.1, 0.15) is 0 Å². The molecule has 1 aromatic carbocycles. The van der Waals surface area contributed by atoms with Crippen LogP contribution in [0.5, 0.6) is 0 Å². The Labute approximate surface area is 110 Å². The minimum atomic E-state index is 0.596. The van der Waals surface area contributed by atoms with E-state index in [0.29, 0.717) is 4.75 Å². The van der Waals surface area contributed by atoms with Gasteiger partial charge in [-0.15, -0.1) is 11.8 Å². The first-order valence-electron chi connectivity index (χ1n) is 6.98. The van der Waals surface area contributed by atoms with E-state index in [1.165, 1.54) is 43.2 Å². The largest absolute Gasteiger partial charge is 0.118 e. The van der Waals surface area contributed by atoms with Gasteiger partial charge < -0.3 is 0 Å². The Morgan fingerprint density at radius 3 is 2.18 bits per heavy atom. The molecule has 1 spiro atoms. The minimum absolute atomic E-state index is 0.596. The summed E-state index contributed by atoms with van der Waals surface area (Å²) in [4.78, 5) is 1.61. The van der Waals surface area contributed by atoms with E-state index in [9.17, 15) is 0 Å². The van der Waals surface area contributed by atoms with Gasteiger partial charge in [0.2, 0.25) is 0 Å². The first-order valence-corrected chi connectivity index (χ1v) is 7.80. The molecule has 1 saturated carbocycles. The highest BCUT2D eigenvalue weighted by Crippen LogP contribution is 2.55. The quantitative estimate of drug-likeness (QED) is 0.601. The fourth-order valence-corrected chi connectivity index (χ4v) is 4.81. The Morgan fingerprint density at radius 2 is 1.59 bits per heavy atom. The van der Waals surface area contributed by atoms with Crippen molar-refractivity contribution >= 4 is 11.8 Å². The van der Waals surface area contributed by atoms with Crippen molar-refractivity contribution < 1.29 is 0 Å². The van der Waals surface area contributed by atoms with Crippen LogP contribution in [-0.4, -0.2) is 4.75 Å². The predicted octanol–water partition coefficient (Wildman–Crippen LogP) is 5.29. The van der Waals surface area contributed by atoms with E-state index in [1.54, 1.807) is 10.5 Å². The zero-order valence-corrected chi connectivity index (χ0v) is 12.4. The second-order valence-corrected chi connectivity index (χ2v) is 6.65. The highest BCUT2D eigenvalue weighted by Gasteiger charge is 2.41. The molecule has 0 radical (unpaired) electrons. The number of fused-ring (bicyclic) bond motifs is 1. The molecule has 3 rings (SSSR count). The zero-order chi connectivity index (χ0) is 12.5. The van der Waals surface area contributed by atoms with Gasteiger partial charge in [-0.3, -0.25) is 0 Å². The Hall–Kier alpha value is -0.430. The summed E-state index contributed by atoms with van der Waals surface area (Å²) in [5.41, 5.74) is 4.65. The van der Waals surface area contributed by atoms with Gasteiger partial charge in [0, 0.05) is 9.64 Å². The van der Waals surface area contributed by atoms with Crippen molar-refractivity contribution in [2.24, 2.45) is 0 Å². The summed E-state index contributed by atoms with van der Waals surface area (Å²) in [5.74, 6) is 0. The number of rotatable bonds is 0. The van der Waals surface area contributed by atoms with Crippen molar-refractivity contribution in [1.82, 2.24) is 0 Å². The van der Waals surface area contributed by atoms with Gasteiger partial charge in [-0.05, 0) is 49.8 Å². The summed E-state index contributed by atoms with van der Waals surface area (Å²) in [6.07, 6.45) is 7.09. The van der Waals surface area contributed by atoms with Gasteiger partial charge in [-0.1, -0.05) is 38.8 Å². The molecule has 0 bridgehead atoms. The molecule has 0 atom stereocenters. The van der Waals surface area contributed by atoms with E-state index in [4.69, 9.17) is 0 Å². The van der Waals surface area contributed by atoms with Gasteiger partial charge >= 0.3 is 0 Å². The average molecular weight is 248 g/mol. The molecule has 1 aliphatic carbocycles. The Kier molecular flexibility index (Phi) is 3.87. The van der Waals surface area contributed by atoms with Crippen molar-refractivity contribution in [1.29, 1.82) is 0 Å². The van der Waals surface area contributed by atoms with Gasteiger partial charge in [0.25, 0.3) is 0 Å². The van der Waals surface area contributed by atoms with Crippen molar-refractivity contribution in [3.05, 3.63) is 28.8 Å². The summed E-state index contributed by atoms with van der Waals surface area (Å²) in [6.45, 7) is 8.53. The highest BCUT2D eigenvalue weighted by atomic mass is 32.2. The molecule has 1 aromatic rings. The minimum Gasteiger partial charge on any atom is -0.118 e. The summed E-state index contributed by atoms with van der Waals surface area (Å²) < 4.78 is 0.596. The number of thioether (sulfide) groups is 1. The lowest BCUT2D eigenvalue weighted by Crippen LogP contribution is -2.18. The number of benzene rings is 1. The van der Waals surface area contributed by atoms with Crippen LogP contribution in [0.2, 0.25) is 0 Å². The first-order chi connectivity index (χ1) is 8.20. The smallest absolute Gasteiger partial charge is 0.0248 e. The van der Waals surface area contributed by atoms with E-state index in [0.717, 1.165) is 0 Å². The maximum Gasteiger partial charge on any atom is 0.0248 e. The number of hydrogen-bond acceptors (Lipinski definition) is 1. The second-order valence-electron chi connectivity index (χ2n) is 5.18. The van der Waals surface area contributed by atoms with Crippen LogP contribution in [0.25, 0.3) is 0 Å². The topological polar surface area (TPSA) is 0 Å². The van der Waals surface area contributed by atoms with Gasteiger partial charge in [-0.25, -0.2) is 0 Å². The maximum atomic E-state index is 2.29.